The lowest BCUT2D eigenvalue weighted by atomic mass is 10.1. The summed E-state index contributed by atoms with van der Waals surface area (Å²) in [7, 11) is 0. The van der Waals surface area contributed by atoms with Crippen molar-refractivity contribution >= 4 is 0 Å². The molecule has 0 bridgehead atoms. The van der Waals surface area contributed by atoms with Gasteiger partial charge in [0.2, 0.25) is 0 Å². The Balaban J connectivity index is 2.03. The van der Waals surface area contributed by atoms with Crippen LogP contribution in [0, 0.1) is 12.7 Å². The first kappa shape index (κ1) is 14.5. The van der Waals surface area contributed by atoms with Gasteiger partial charge in [-0.15, -0.1) is 0 Å². The molecule has 2 aromatic rings. The maximum atomic E-state index is 13.9. The second-order valence-electron chi connectivity index (χ2n) is 5.01. The molecule has 4 heteroatoms. The molecule has 0 aliphatic rings. The predicted octanol–water partition coefficient (Wildman–Crippen LogP) is 3.00. The summed E-state index contributed by atoms with van der Waals surface area (Å²) in [4.78, 5) is 4.31. The van der Waals surface area contributed by atoms with E-state index in [0.29, 0.717) is 6.42 Å². The molecule has 0 saturated carbocycles. The molecular formula is C16H19FN2O. The summed E-state index contributed by atoms with van der Waals surface area (Å²) in [6.07, 6.45) is 0.649. The van der Waals surface area contributed by atoms with Crippen LogP contribution in [0.4, 0.5) is 4.39 Å². The number of halogens is 1. The van der Waals surface area contributed by atoms with Crippen LogP contribution >= 0.6 is 0 Å². The molecule has 3 nitrogen and oxygen atoms in total. The second-order valence-corrected chi connectivity index (χ2v) is 5.01. The van der Waals surface area contributed by atoms with Crippen LogP contribution in [0.2, 0.25) is 0 Å². The van der Waals surface area contributed by atoms with Crippen LogP contribution in [0.1, 0.15) is 23.9 Å². The van der Waals surface area contributed by atoms with Crippen molar-refractivity contribution in [2.75, 3.05) is 0 Å². The minimum atomic E-state index is -0.365. The van der Waals surface area contributed by atoms with Gasteiger partial charge in [-0.3, -0.25) is 4.98 Å². The van der Waals surface area contributed by atoms with Gasteiger partial charge in [0.15, 0.2) is 11.6 Å². The number of nitrogens with zero attached hydrogens (tertiary/aromatic N) is 1. The number of hydrogen-bond donors (Lipinski definition) is 1. The SMILES string of the molecule is Cc1cccc(COc2ccc(CC(C)N)cc2F)n1. The Morgan fingerprint density at radius 1 is 1.30 bits per heavy atom. The minimum Gasteiger partial charge on any atom is -0.484 e. The van der Waals surface area contributed by atoms with Crippen molar-refractivity contribution in [3.05, 3.63) is 59.2 Å². The van der Waals surface area contributed by atoms with Gasteiger partial charge in [-0.05, 0) is 50.1 Å². The average Bonchev–Trinajstić information content (AvgIpc) is 2.37. The molecule has 1 aromatic carbocycles. The number of nitrogens with two attached hydrogens (primary N) is 1. The number of rotatable bonds is 5. The maximum Gasteiger partial charge on any atom is 0.165 e. The second kappa shape index (κ2) is 6.48. The zero-order valence-corrected chi connectivity index (χ0v) is 11.8. The number of ether oxygens (including phenoxy) is 1. The Kier molecular flexibility index (Phi) is 4.69. The largest absolute Gasteiger partial charge is 0.484 e. The van der Waals surface area contributed by atoms with Crippen LogP contribution in [0.25, 0.3) is 0 Å². The quantitative estimate of drug-likeness (QED) is 0.911. The van der Waals surface area contributed by atoms with E-state index in [2.05, 4.69) is 4.98 Å². The maximum absolute atomic E-state index is 13.9. The minimum absolute atomic E-state index is 0.0117. The van der Waals surface area contributed by atoms with Crippen LogP contribution in [-0.2, 0) is 13.0 Å². The molecule has 0 spiro atoms. The molecule has 20 heavy (non-hydrogen) atoms. The molecule has 0 aliphatic heterocycles. The third-order valence-electron chi connectivity index (χ3n) is 2.88. The van der Waals surface area contributed by atoms with Crippen molar-refractivity contribution in [2.24, 2.45) is 5.73 Å². The van der Waals surface area contributed by atoms with Gasteiger partial charge in [0, 0.05) is 11.7 Å². The lowest BCUT2D eigenvalue weighted by Gasteiger charge is -2.10. The van der Waals surface area contributed by atoms with E-state index in [4.69, 9.17) is 10.5 Å². The van der Waals surface area contributed by atoms with Gasteiger partial charge in [-0.25, -0.2) is 4.39 Å². The van der Waals surface area contributed by atoms with E-state index in [9.17, 15) is 4.39 Å². The fourth-order valence-corrected chi connectivity index (χ4v) is 1.99. The first-order valence-electron chi connectivity index (χ1n) is 6.64. The molecule has 1 heterocycles. The molecule has 0 aliphatic carbocycles. The topological polar surface area (TPSA) is 48.1 Å². The third kappa shape index (κ3) is 4.03. The Labute approximate surface area is 118 Å². The highest BCUT2D eigenvalue weighted by atomic mass is 19.1. The van der Waals surface area contributed by atoms with Gasteiger partial charge in [0.05, 0.1) is 5.69 Å². The van der Waals surface area contributed by atoms with E-state index in [1.807, 2.05) is 38.1 Å². The van der Waals surface area contributed by atoms with Crippen molar-refractivity contribution < 1.29 is 9.13 Å². The highest BCUT2D eigenvalue weighted by Crippen LogP contribution is 2.20. The summed E-state index contributed by atoms with van der Waals surface area (Å²) in [5.74, 6) is -0.127. The fourth-order valence-electron chi connectivity index (χ4n) is 1.99. The van der Waals surface area contributed by atoms with Crippen LogP contribution in [0.5, 0.6) is 5.75 Å². The van der Waals surface area contributed by atoms with Crippen LogP contribution in [0.3, 0.4) is 0 Å². The molecular weight excluding hydrogens is 255 g/mol. The lowest BCUT2D eigenvalue weighted by Crippen LogP contribution is -2.17. The van der Waals surface area contributed by atoms with Gasteiger partial charge < -0.3 is 10.5 Å². The van der Waals surface area contributed by atoms with E-state index < -0.39 is 0 Å². The Hall–Kier alpha value is -1.94. The van der Waals surface area contributed by atoms with E-state index in [0.717, 1.165) is 17.0 Å². The fraction of sp³-hybridized carbons (Fsp3) is 0.312. The summed E-state index contributed by atoms with van der Waals surface area (Å²) in [6, 6.07) is 10.6. The summed E-state index contributed by atoms with van der Waals surface area (Å²) >= 11 is 0. The molecule has 0 saturated heterocycles. The molecule has 0 fully saturated rings. The van der Waals surface area contributed by atoms with Gasteiger partial charge >= 0.3 is 0 Å². The smallest absolute Gasteiger partial charge is 0.165 e. The highest BCUT2D eigenvalue weighted by molar-refractivity contribution is 5.30. The standard InChI is InChI=1S/C16H19FN2O/c1-11(18)8-13-6-7-16(15(17)9-13)20-10-14-5-3-4-12(2)19-14/h3-7,9,11H,8,10,18H2,1-2H3. The molecule has 0 radical (unpaired) electrons. The number of aryl methyl sites for hydroxylation is 1. The normalized spacial score (nSPS) is 12.2. The Bertz CT molecular complexity index is 584. The van der Waals surface area contributed by atoms with Gasteiger partial charge in [-0.1, -0.05) is 12.1 Å². The number of pyridine rings is 1. The first-order valence-corrected chi connectivity index (χ1v) is 6.64. The van der Waals surface area contributed by atoms with Crippen molar-refractivity contribution in [3.63, 3.8) is 0 Å². The molecule has 106 valence electrons. The number of aromatic nitrogens is 1. The predicted molar refractivity (Wildman–Crippen MR) is 77.1 cm³/mol. The zero-order valence-electron chi connectivity index (χ0n) is 11.8. The van der Waals surface area contributed by atoms with Crippen LogP contribution in [-0.4, -0.2) is 11.0 Å². The van der Waals surface area contributed by atoms with Crippen LogP contribution < -0.4 is 10.5 Å². The Morgan fingerprint density at radius 3 is 2.75 bits per heavy atom. The van der Waals surface area contributed by atoms with E-state index in [-0.39, 0.29) is 24.2 Å². The lowest BCUT2D eigenvalue weighted by molar-refractivity contribution is 0.285. The summed E-state index contributed by atoms with van der Waals surface area (Å²) in [5, 5.41) is 0. The van der Waals surface area contributed by atoms with Gasteiger partial charge in [-0.2, -0.15) is 0 Å². The van der Waals surface area contributed by atoms with E-state index in [1.54, 1.807) is 6.07 Å². The zero-order chi connectivity index (χ0) is 14.5. The Morgan fingerprint density at radius 2 is 2.10 bits per heavy atom. The highest BCUT2D eigenvalue weighted by Gasteiger charge is 2.07. The average molecular weight is 274 g/mol. The van der Waals surface area contributed by atoms with E-state index >= 15 is 0 Å². The molecule has 2 N–H and O–H groups in total. The van der Waals surface area contributed by atoms with Gasteiger partial charge in [0.25, 0.3) is 0 Å². The summed E-state index contributed by atoms with van der Waals surface area (Å²) in [5.41, 5.74) is 8.27. The van der Waals surface area contributed by atoms with Gasteiger partial charge in [0.1, 0.15) is 6.61 Å². The molecule has 1 unspecified atom stereocenters. The molecule has 1 aromatic heterocycles. The summed E-state index contributed by atoms with van der Waals surface area (Å²) in [6.45, 7) is 4.06. The van der Waals surface area contributed by atoms with E-state index in [1.165, 1.54) is 6.07 Å². The van der Waals surface area contributed by atoms with Crippen molar-refractivity contribution in [1.82, 2.24) is 4.98 Å². The van der Waals surface area contributed by atoms with Crippen molar-refractivity contribution in [2.45, 2.75) is 32.9 Å². The molecule has 2 rings (SSSR count). The third-order valence-corrected chi connectivity index (χ3v) is 2.88. The van der Waals surface area contributed by atoms with Crippen molar-refractivity contribution in [3.8, 4) is 5.75 Å². The van der Waals surface area contributed by atoms with Crippen LogP contribution in [0.15, 0.2) is 36.4 Å². The molecule has 1 atom stereocenters. The van der Waals surface area contributed by atoms with Crippen molar-refractivity contribution in [1.29, 1.82) is 0 Å². The number of hydrogen-bond acceptors (Lipinski definition) is 3. The first-order chi connectivity index (χ1) is 9.54. The summed E-state index contributed by atoms with van der Waals surface area (Å²) < 4.78 is 19.4. The number of benzene rings is 1. The molecule has 0 amide bonds. The monoisotopic (exact) mass is 274 g/mol.